The zero-order valence-electron chi connectivity index (χ0n) is 49.1. The Hall–Kier alpha value is -6.92. The van der Waals surface area contributed by atoms with Gasteiger partial charge in [-0.3, -0.25) is 24.1 Å². The van der Waals surface area contributed by atoms with E-state index in [4.69, 9.17) is 4.74 Å². The van der Waals surface area contributed by atoms with Crippen molar-refractivity contribution >= 4 is 41.4 Å². The van der Waals surface area contributed by atoms with Gasteiger partial charge in [0.05, 0.1) is 30.3 Å². The van der Waals surface area contributed by atoms with Crippen LogP contribution in [0.3, 0.4) is 0 Å². The number of aromatic hydroxyl groups is 1. The van der Waals surface area contributed by atoms with E-state index in [9.17, 15) is 39.3 Å². The van der Waals surface area contributed by atoms with Crippen LogP contribution in [0.15, 0.2) is 132 Å². The molecule has 16 nitrogen and oxygen atoms in total. The maximum atomic E-state index is 13.8. The van der Waals surface area contributed by atoms with Crippen LogP contribution < -0.4 is 31.3 Å². The van der Waals surface area contributed by atoms with Crippen molar-refractivity contribution in [3.63, 3.8) is 0 Å². The van der Waals surface area contributed by atoms with E-state index in [0.717, 1.165) is 46.5 Å². The Morgan fingerprint density at radius 2 is 1.36 bits per heavy atom. The second kappa shape index (κ2) is 31.7. The first kappa shape index (κ1) is 63.7. The number of thioether (sulfide) groups is 1. The first-order valence-corrected chi connectivity index (χ1v) is 30.5. The van der Waals surface area contributed by atoms with E-state index in [1.807, 2.05) is 137 Å². The molecule has 2 saturated heterocycles. The number of phenolic OH excluding ortho intramolecular Hbond substituents is 1. The predicted octanol–water partition coefficient (Wildman–Crippen LogP) is 7.91. The summed E-state index contributed by atoms with van der Waals surface area (Å²) in [7, 11) is 1.67. The van der Waals surface area contributed by atoms with E-state index in [2.05, 4.69) is 31.5 Å². The number of urea groups is 1. The summed E-state index contributed by atoms with van der Waals surface area (Å²) in [4.78, 5) is 70.5. The number of phenols is 1. The maximum absolute atomic E-state index is 13.8. The van der Waals surface area contributed by atoms with Crippen LogP contribution in [0.5, 0.6) is 11.5 Å². The minimum absolute atomic E-state index is 0.00847. The lowest BCUT2D eigenvalue weighted by molar-refractivity contribution is -0.130. The van der Waals surface area contributed by atoms with Crippen molar-refractivity contribution < 1.29 is 44.0 Å². The summed E-state index contributed by atoms with van der Waals surface area (Å²) in [6, 6.07) is 37.2. The first-order valence-electron chi connectivity index (χ1n) is 29.5. The number of amides is 6. The molecule has 0 radical (unpaired) electrons. The standard InChI is InChI=1S/C37H48N4O5.C29H39N3O4S/c1-25(2)34(41-20-12-19-38-37(41)45)36(44)39-30(21-28-15-7-5-8-16-28)23-32(42)31(22-29-17-9-6-10-18-29)40-33(43)24-46-35-26(3)13-11-14-27(35)4;1-19-23(13-8-14-26(19)33)28(35)31-24(18-37-22-11-4-3-5-12-22)27(34)17-32-16-21-10-7-6-9-20(21)15-25(32)29(36)30-2/h5-11,13-18,25,30-32,34,42H,12,19-24H2,1-4H3,(H,38,45)(H,39,44)(H,40,43);3-5,8,11-14,20-21,24-25,27,33-34H,6-7,9-10,15-18H2,1-2H3,(H,30,36)(H,31,35)/t30-,31-,32-,34-;20-,21+,24?,25-,27+/m00/s1. The van der Waals surface area contributed by atoms with Gasteiger partial charge in [0.15, 0.2) is 6.61 Å². The Balaban J connectivity index is 0.000000244. The molecule has 9 atom stereocenters. The van der Waals surface area contributed by atoms with E-state index < -0.39 is 36.4 Å². The minimum Gasteiger partial charge on any atom is -0.508 e. The number of carbonyl (C=O) groups is 5. The number of hydrogen-bond donors (Lipinski definition) is 8. The van der Waals surface area contributed by atoms with Crippen molar-refractivity contribution in [1.82, 2.24) is 36.4 Å². The number of aryl methyl sites for hydroxylation is 2. The summed E-state index contributed by atoms with van der Waals surface area (Å²) in [6.45, 7) is 11.4. The number of nitrogens with one attached hydrogen (secondary N) is 5. The van der Waals surface area contributed by atoms with Crippen LogP contribution in [0, 0.1) is 38.5 Å². The third-order valence-corrected chi connectivity index (χ3v) is 17.5. The molecular formula is C66H87N7O9S. The molecule has 6 amide bonds. The normalized spacial score (nSPS) is 19.2. The third-order valence-electron chi connectivity index (χ3n) is 16.4. The van der Waals surface area contributed by atoms with Crippen LogP contribution in [-0.4, -0.2) is 143 Å². The molecule has 1 unspecified atom stereocenters. The highest BCUT2D eigenvalue weighted by atomic mass is 32.2. The van der Waals surface area contributed by atoms with Crippen molar-refractivity contribution in [2.24, 2.45) is 17.8 Å². The number of β-amino-alcohol motifs (C(OH)–C–C–N with tert-alkyl or cyclic N) is 1. The summed E-state index contributed by atoms with van der Waals surface area (Å²) in [5.41, 5.74) is 4.73. The fraction of sp³-hybridized carbons (Fsp3) is 0.470. The van der Waals surface area contributed by atoms with Gasteiger partial charge in [0, 0.05) is 61.0 Å². The number of para-hydroxylation sites is 1. The molecule has 2 heterocycles. The summed E-state index contributed by atoms with van der Waals surface area (Å²) < 4.78 is 5.90. The highest BCUT2D eigenvalue weighted by Gasteiger charge is 2.41. The number of benzene rings is 5. The molecule has 0 aromatic heterocycles. The van der Waals surface area contributed by atoms with Crippen molar-refractivity contribution in [3.05, 3.63) is 161 Å². The van der Waals surface area contributed by atoms with Gasteiger partial charge in [0.2, 0.25) is 11.8 Å². The summed E-state index contributed by atoms with van der Waals surface area (Å²) in [5, 5.41) is 48.1. The number of likely N-dealkylation sites (tertiary alicyclic amines) is 1. The highest BCUT2D eigenvalue weighted by Crippen LogP contribution is 2.39. The number of likely N-dealkylation sites (N-methyl/N-ethyl adjacent to an activating group) is 1. The van der Waals surface area contributed by atoms with Crippen LogP contribution in [0.25, 0.3) is 0 Å². The molecule has 5 aromatic carbocycles. The number of nitrogens with zero attached hydrogens (tertiary/aromatic N) is 2. The average molecular weight is 1150 g/mol. The van der Waals surface area contributed by atoms with Crippen LogP contribution in [0.1, 0.15) is 97.0 Å². The monoisotopic (exact) mass is 1150 g/mol. The molecule has 446 valence electrons. The fourth-order valence-corrected chi connectivity index (χ4v) is 12.9. The molecule has 1 saturated carbocycles. The van der Waals surface area contributed by atoms with Crippen molar-refractivity contribution in [2.75, 3.05) is 45.6 Å². The second-order valence-electron chi connectivity index (χ2n) is 22.9. The van der Waals surface area contributed by atoms with Gasteiger partial charge in [-0.25, -0.2) is 4.79 Å². The van der Waals surface area contributed by atoms with Gasteiger partial charge in [-0.05, 0) is 124 Å². The molecule has 3 fully saturated rings. The minimum atomic E-state index is -0.992. The number of carbonyl (C=O) groups excluding carboxylic acids is 5. The highest BCUT2D eigenvalue weighted by molar-refractivity contribution is 7.99. The number of aliphatic hydroxyl groups is 2. The van der Waals surface area contributed by atoms with Gasteiger partial charge in [-0.15, -0.1) is 11.8 Å². The Labute approximate surface area is 494 Å². The third kappa shape index (κ3) is 18.5. The number of aliphatic hydroxyl groups excluding tert-OH is 2. The zero-order valence-corrected chi connectivity index (χ0v) is 49.9. The number of piperidine rings is 1. The molecule has 0 spiro atoms. The SMILES string of the molecule is CNC(=O)[C@@H]1C[C@@H]2CCCC[C@@H]2CN1C[C@@H](O)C(CSc1ccccc1)NC(=O)c1cccc(O)c1C.Cc1cccc(C)c1OCC(=O)N[C@@H](Cc1ccccc1)[C@@H](O)C[C@H](Cc1ccccc1)NC(=O)[C@H](C(C)C)N1CCCNC1=O. The van der Waals surface area contributed by atoms with E-state index in [1.54, 1.807) is 48.8 Å². The first-order chi connectivity index (χ1) is 40.0. The number of rotatable bonds is 24. The van der Waals surface area contributed by atoms with Crippen LogP contribution in [0.4, 0.5) is 4.79 Å². The number of fused-ring (bicyclic) bond motifs is 1. The van der Waals surface area contributed by atoms with Crippen LogP contribution >= 0.6 is 11.8 Å². The van der Waals surface area contributed by atoms with Gasteiger partial charge in [0.1, 0.15) is 17.5 Å². The van der Waals surface area contributed by atoms with Gasteiger partial charge in [-0.2, -0.15) is 0 Å². The lowest BCUT2D eigenvalue weighted by Crippen LogP contribution is -2.59. The fourth-order valence-electron chi connectivity index (χ4n) is 11.9. The lowest BCUT2D eigenvalue weighted by Gasteiger charge is -2.46. The Bertz CT molecular complexity index is 2860. The zero-order chi connectivity index (χ0) is 59.4. The molecule has 5 aromatic rings. The molecule has 0 bridgehead atoms. The largest absolute Gasteiger partial charge is 0.508 e. The van der Waals surface area contributed by atoms with E-state index in [-0.39, 0.29) is 60.4 Å². The quantitative estimate of drug-likeness (QED) is 0.0278. The van der Waals surface area contributed by atoms with Gasteiger partial charge in [0.25, 0.3) is 11.8 Å². The molecule has 83 heavy (non-hydrogen) atoms. The smallest absolute Gasteiger partial charge is 0.318 e. The predicted molar refractivity (Wildman–Crippen MR) is 326 cm³/mol. The molecule has 3 aliphatic rings. The van der Waals surface area contributed by atoms with E-state index in [0.29, 0.717) is 66.9 Å². The Morgan fingerprint density at radius 3 is 2.00 bits per heavy atom. The second-order valence-corrected chi connectivity index (χ2v) is 24.0. The number of ether oxygens (including phenoxy) is 1. The van der Waals surface area contributed by atoms with Gasteiger partial charge in [-0.1, -0.05) is 136 Å². The van der Waals surface area contributed by atoms with Crippen LogP contribution in [0.2, 0.25) is 0 Å². The van der Waals surface area contributed by atoms with E-state index in [1.165, 1.54) is 25.7 Å². The molecule has 8 rings (SSSR count). The molecule has 17 heteroatoms. The van der Waals surface area contributed by atoms with Gasteiger partial charge < -0.3 is 51.5 Å². The van der Waals surface area contributed by atoms with Crippen molar-refractivity contribution in [3.8, 4) is 11.5 Å². The molecule has 2 aliphatic heterocycles. The van der Waals surface area contributed by atoms with Gasteiger partial charge >= 0.3 is 6.03 Å². The average Bonchev–Trinajstić information content (AvgIpc) is 3.68. The molecule has 1 aliphatic carbocycles. The molecular weight excluding hydrogens is 1070 g/mol. The van der Waals surface area contributed by atoms with Crippen molar-refractivity contribution in [1.29, 1.82) is 0 Å². The van der Waals surface area contributed by atoms with Crippen molar-refractivity contribution in [2.45, 2.75) is 140 Å². The molecule has 8 N–H and O–H groups in total. The maximum Gasteiger partial charge on any atom is 0.318 e. The summed E-state index contributed by atoms with van der Waals surface area (Å²) >= 11 is 1.57. The Morgan fingerprint density at radius 1 is 0.735 bits per heavy atom. The number of hydrogen-bond acceptors (Lipinski definition) is 11. The van der Waals surface area contributed by atoms with E-state index >= 15 is 0 Å². The van der Waals surface area contributed by atoms with Crippen LogP contribution in [-0.2, 0) is 27.2 Å². The summed E-state index contributed by atoms with van der Waals surface area (Å²) in [5.74, 6) is 1.25. The summed E-state index contributed by atoms with van der Waals surface area (Å²) in [6.07, 6.45) is 5.56. The topological polar surface area (TPSA) is 222 Å². The lowest BCUT2D eigenvalue weighted by atomic mass is 9.72. The Kier molecular flexibility index (Phi) is 24.3.